The van der Waals surface area contributed by atoms with Crippen molar-refractivity contribution >= 4 is 32.8 Å². The van der Waals surface area contributed by atoms with Crippen LogP contribution in [0.2, 0.25) is 0 Å². The Labute approximate surface area is 116 Å². The molecule has 0 unspecified atom stereocenters. The molecule has 1 N–H and O–H groups in total. The van der Waals surface area contributed by atoms with E-state index in [2.05, 4.69) is 5.32 Å². The molecule has 0 aliphatic heterocycles. The number of thiophene rings is 1. The number of amides is 1. The van der Waals surface area contributed by atoms with Crippen molar-refractivity contribution in [3.63, 3.8) is 0 Å². The second-order valence-corrected chi connectivity index (χ2v) is 7.15. The van der Waals surface area contributed by atoms with E-state index in [1.165, 1.54) is 23.5 Å². The van der Waals surface area contributed by atoms with Gasteiger partial charge in [-0.25, -0.2) is 8.42 Å². The van der Waals surface area contributed by atoms with Gasteiger partial charge in [-0.15, -0.1) is 11.3 Å². The van der Waals surface area contributed by atoms with Gasteiger partial charge in [0.15, 0.2) is 9.84 Å². The van der Waals surface area contributed by atoms with Crippen LogP contribution in [0.15, 0.2) is 46.7 Å². The van der Waals surface area contributed by atoms with Gasteiger partial charge < -0.3 is 5.32 Å². The van der Waals surface area contributed by atoms with Gasteiger partial charge >= 0.3 is 0 Å². The lowest BCUT2D eigenvalue weighted by Crippen LogP contribution is -2.14. The minimum atomic E-state index is -3.26. The molecule has 0 saturated heterocycles. The summed E-state index contributed by atoms with van der Waals surface area (Å²) in [5.74, 6) is -0.159. The summed E-state index contributed by atoms with van der Waals surface area (Å²) in [7, 11) is -3.26. The van der Waals surface area contributed by atoms with Crippen molar-refractivity contribution in [3.05, 3.63) is 46.7 Å². The molecule has 100 valence electrons. The largest absolute Gasteiger partial charge is 0.326 e. The fraction of sp³-hybridized carbons (Fsp3) is 0.154. The quantitative estimate of drug-likeness (QED) is 0.941. The summed E-state index contributed by atoms with van der Waals surface area (Å²) in [4.78, 5) is 13.0. The first kappa shape index (κ1) is 13.8. The lowest BCUT2D eigenvalue weighted by atomic mass is 10.3. The molecule has 1 heterocycles. The fourth-order valence-electron chi connectivity index (χ4n) is 1.58. The van der Waals surface area contributed by atoms with Gasteiger partial charge in [0.1, 0.15) is 0 Å². The molecular formula is C13H13NO3S2. The highest BCUT2D eigenvalue weighted by Crippen LogP contribution is 2.16. The van der Waals surface area contributed by atoms with Crippen LogP contribution in [-0.4, -0.2) is 20.6 Å². The van der Waals surface area contributed by atoms with Gasteiger partial charge in [-0.05, 0) is 29.6 Å². The maximum absolute atomic E-state index is 11.8. The molecule has 1 amide bonds. The highest BCUT2D eigenvalue weighted by molar-refractivity contribution is 7.90. The van der Waals surface area contributed by atoms with E-state index in [1.807, 2.05) is 17.5 Å². The summed E-state index contributed by atoms with van der Waals surface area (Å²) < 4.78 is 22.8. The Kier molecular flexibility index (Phi) is 4.01. The molecule has 0 saturated carbocycles. The first-order valence-electron chi connectivity index (χ1n) is 5.57. The predicted molar refractivity (Wildman–Crippen MR) is 76.2 cm³/mol. The Morgan fingerprint density at radius 3 is 2.68 bits per heavy atom. The van der Waals surface area contributed by atoms with E-state index in [1.54, 1.807) is 12.1 Å². The number of hydrogen-bond acceptors (Lipinski definition) is 4. The lowest BCUT2D eigenvalue weighted by Gasteiger charge is -2.06. The smallest absolute Gasteiger partial charge is 0.229 e. The van der Waals surface area contributed by atoms with Gasteiger partial charge in [0.25, 0.3) is 0 Å². The molecule has 1 aromatic carbocycles. The summed E-state index contributed by atoms with van der Waals surface area (Å²) in [6.45, 7) is 0. The average Bonchev–Trinajstić information content (AvgIpc) is 2.80. The zero-order valence-electron chi connectivity index (χ0n) is 10.3. The lowest BCUT2D eigenvalue weighted by molar-refractivity contribution is -0.115. The minimum absolute atomic E-state index is 0.159. The van der Waals surface area contributed by atoms with Crippen LogP contribution >= 0.6 is 11.3 Å². The molecule has 19 heavy (non-hydrogen) atoms. The van der Waals surface area contributed by atoms with Gasteiger partial charge in [0.2, 0.25) is 5.91 Å². The third kappa shape index (κ3) is 3.90. The van der Waals surface area contributed by atoms with Crippen molar-refractivity contribution in [3.8, 4) is 0 Å². The Hall–Kier alpha value is -1.66. The molecular weight excluding hydrogens is 282 g/mol. The number of hydrogen-bond donors (Lipinski definition) is 1. The van der Waals surface area contributed by atoms with Crippen molar-refractivity contribution in [2.24, 2.45) is 0 Å². The molecule has 0 aliphatic rings. The molecule has 0 bridgehead atoms. The molecule has 2 rings (SSSR count). The number of sulfone groups is 1. The summed E-state index contributed by atoms with van der Waals surface area (Å²) in [6.07, 6.45) is 1.43. The highest BCUT2D eigenvalue weighted by atomic mass is 32.2. The molecule has 0 radical (unpaired) electrons. The number of rotatable bonds is 4. The molecule has 0 aliphatic carbocycles. The van der Waals surface area contributed by atoms with Crippen molar-refractivity contribution in [2.45, 2.75) is 11.3 Å². The molecule has 0 atom stereocenters. The number of carbonyl (C=O) groups is 1. The van der Waals surface area contributed by atoms with Crippen LogP contribution in [0.3, 0.4) is 0 Å². The maximum Gasteiger partial charge on any atom is 0.229 e. The van der Waals surface area contributed by atoms with Crippen LogP contribution in [0.25, 0.3) is 0 Å². The summed E-state index contributed by atoms with van der Waals surface area (Å²) in [5.41, 5.74) is 0.490. The number of carbonyl (C=O) groups excluding carboxylic acids is 1. The van der Waals surface area contributed by atoms with Gasteiger partial charge in [-0.3, -0.25) is 4.79 Å². The van der Waals surface area contributed by atoms with Gasteiger partial charge in [0, 0.05) is 16.8 Å². The molecule has 1 aromatic heterocycles. The van der Waals surface area contributed by atoms with Crippen LogP contribution in [0.5, 0.6) is 0 Å². The number of benzene rings is 1. The summed E-state index contributed by atoms with van der Waals surface area (Å²) in [5, 5.41) is 4.61. The zero-order chi connectivity index (χ0) is 13.9. The first-order chi connectivity index (χ1) is 8.95. The highest BCUT2D eigenvalue weighted by Gasteiger charge is 2.09. The Balaban J connectivity index is 2.09. The van der Waals surface area contributed by atoms with Crippen LogP contribution < -0.4 is 5.32 Å². The SMILES string of the molecule is CS(=O)(=O)c1cccc(NC(=O)Cc2cccs2)c1. The number of nitrogens with one attached hydrogen (secondary N) is 1. The molecule has 2 aromatic rings. The van der Waals surface area contributed by atoms with E-state index in [0.29, 0.717) is 12.1 Å². The second kappa shape index (κ2) is 5.54. The van der Waals surface area contributed by atoms with E-state index in [4.69, 9.17) is 0 Å². The van der Waals surface area contributed by atoms with Crippen LogP contribution in [-0.2, 0) is 21.1 Å². The van der Waals surface area contributed by atoms with E-state index in [-0.39, 0.29) is 10.8 Å². The minimum Gasteiger partial charge on any atom is -0.326 e. The van der Waals surface area contributed by atoms with E-state index in [0.717, 1.165) is 11.1 Å². The predicted octanol–water partition coefficient (Wildman–Crippen LogP) is 2.33. The Morgan fingerprint density at radius 2 is 2.05 bits per heavy atom. The normalized spacial score (nSPS) is 11.2. The van der Waals surface area contributed by atoms with E-state index < -0.39 is 9.84 Å². The van der Waals surface area contributed by atoms with Gasteiger partial charge in [-0.1, -0.05) is 12.1 Å². The Bertz CT molecular complexity index is 676. The molecule has 4 nitrogen and oxygen atoms in total. The van der Waals surface area contributed by atoms with Crippen LogP contribution in [0.4, 0.5) is 5.69 Å². The van der Waals surface area contributed by atoms with Gasteiger partial charge in [0.05, 0.1) is 11.3 Å². The van der Waals surface area contributed by atoms with Gasteiger partial charge in [-0.2, -0.15) is 0 Å². The third-order valence-corrected chi connectivity index (χ3v) is 4.45. The van der Waals surface area contributed by atoms with Crippen molar-refractivity contribution in [1.29, 1.82) is 0 Å². The second-order valence-electron chi connectivity index (χ2n) is 4.10. The average molecular weight is 295 g/mol. The molecule has 0 fully saturated rings. The third-order valence-electron chi connectivity index (χ3n) is 2.46. The van der Waals surface area contributed by atoms with Crippen LogP contribution in [0.1, 0.15) is 4.88 Å². The maximum atomic E-state index is 11.8. The fourth-order valence-corrected chi connectivity index (χ4v) is 2.95. The van der Waals surface area contributed by atoms with Crippen LogP contribution in [0, 0.1) is 0 Å². The standard InChI is InChI=1S/C13H13NO3S2/c1-19(16,17)12-6-2-4-10(8-12)14-13(15)9-11-5-3-7-18-11/h2-8H,9H2,1H3,(H,14,15). The molecule has 6 heteroatoms. The van der Waals surface area contributed by atoms with E-state index in [9.17, 15) is 13.2 Å². The van der Waals surface area contributed by atoms with E-state index >= 15 is 0 Å². The van der Waals surface area contributed by atoms with Crippen molar-refractivity contribution < 1.29 is 13.2 Å². The van der Waals surface area contributed by atoms with Crippen molar-refractivity contribution in [2.75, 3.05) is 11.6 Å². The monoisotopic (exact) mass is 295 g/mol. The first-order valence-corrected chi connectivity index (χ1v) is 8.34. The summed E-state index contributed by atoms with van der Waals surface area (Å²) >= 11 is 1.51. The number of anilines is 1. The van der Waals surface area contributed by atoms with Crippen molar-refractivity contribution in [1.82, 2.24) is 0 Å². The Morgan fingerprint density at radius 1 is 1.26 bits per heavy atom. The molecule has 0 spiro atoms. The topological polar surface area (TPSA) is 63.2 Å². The summed E-state index contributed by atoms with van der Waals surface area (Å²) in [6, 6.07) is 10.0. The zero-order valence-corrected chi connectivity index (χ0v) is 11.9.